The number of pyridine rings is 6. The van der Waals surface area contributed by atoms with Gasteiger partial charge in [-0.3, -0.25) is 39.0 Å². The Balaban J connectivity index is 0.000000168. The molecule has 18 rings (SSSR count). The molecule has 0 saturated carbocycles. The van der Waals surface area contributed by atoms with Crippen LogP contribution in [0.4, 0.5) is 0 Å². The van der Waals surface area contributed by atoms with E-state index in [1.165, 1.54) is 7.11 Å². The minimum atomic E-state index is -4.67. The number of ether oxygens (including phenoxy) is 1. The summed E-state index contributed by atoms with van der Waals surface area (Å²) in [7, 11) is -3.28. The SMILES string of the molecule is Brc1ccc(-c2ccccn2)cc1.C=COO.COC(=O)c1cc(Br)ccc1-c1ccc(Br)cc1.O=S(=O)(O)O.OC(c1ccc(-c2ccccn2)cc1)(c1ccc(-c2ccccn2)cc1)c1cc(Br)ccc1-c1ccc(Br)cc1.OC(c1ccc(-c2ccccn2)cc1)(c1ccc(-c2ccccn2)cc1)c1cc(Br)ccc1-c1ccc(Br)cc1.[Li+].[c-]1ccc(-c2ccccn2)cc1. The molecule has 0 saturated heterocycles. The summed E-state index contributed by atoms with van der Waals surface area (Å²) >= 11 is 24.6. The van der Waals surface area contributed by atoms with Gasteiger partial charge in [0.05, 0.1) is 41.1 Å². The van der Waals surface area contributed by atoms with Crippen LogP contribution in [-0.2, 0) is 31.2 Å². The summed E-state index contributed by atoms with van der Waals surface area (Å²) in [5, 5.41) is 33.1. The van der Waals surface area contributed by atoms with Gasteiger partial charge in [0.15, 0.2) is 0 Å². The molecule has 0 radical (unpaired) electrons. The number of hydrogen-bond acceptors (Lipinski definition) is 14. The fourth-order valence-electron chi connectivity index (χ4n) is 13.9. The number of rotatable bonds is 17. The maximum atomic E-state index is 12.9. The average Bonchev–Trinajstić information content (AvgIpc) is 0.746. The first kappa shape index (κ1) is 102. The van der Waals surface area contributed by atoms with Gasteiger partial charge >= 0.3 is 35.2 Å². The Morgan fingerprint density at radius 2 is 0.534 bits per heavy atom. The summed E-state index contributed by atoms with van der Waals surface area (Å²) in [6.07, 6.45) is 11.7. The van der Waals surface area contributed by atoms with Crippen LogP contribution in [0, 0.1) is 6.07 Å². The molecule has 0 aliphatic carbocycles. The molecule has 0 bridgehead atoms. The van der Waals surface area contributed by atoms with Crippen LogP contribution in [0.5, 0.6) is 0 Å². The van der Waals surface area contributed by atoms with Gasteiger partial charge in [0.1, 0.15) is 17.5 Å². The molecule has 16 nitrogen and oxygen atoms in total. The number of aliphatic hydroxyl groups is 2. The van der Waals surface area contributed by atoms with Gasteiger partial charge in [0.2, 0.25) is 0 Å². The summed E-state index contributed by atoms with van der Waals surface area (Å²) < 4.78 is 43.1. The van der Waals surface area contributed by atoms with Crippen molar-refractivity contribution in [1.29, 1.82) is 0 Å². The summed E-state index contributed by atoms with van der Waals surface area (Å²) in [5.74, 6) is -0.339. The standard InChI is InChI=1S/2C35H24Br2N2O.C14H10Br2O2.C11H8BrN.C11H8N.C2H4O2.Li.H2O4S/c2*36-29-17-11-24(12-18-29)31-20-19-30(37)23-32(31)35(40,27-13-7-25(8-14-27)33-5-1-3-21-38-33)28-15-9-26(10-16-28)34-6-2-4-22-39-34;1-18-14(17)13-8-11(16)6-7-12(13)9-2-4-10(15)5-3-9;12-10-6-4-9(5-7-10)11-3-1-2-8-13-11;1-2-6-10(7-3-1)11-8-4-5-9-12-11;1-2-4-3;;1-5(2,3)4/h2*1-23,40H;2-8H,1H3;1-8H;2-9H;2-3H,1H2;;(H2,1,2,3,4)/q;;;;-1;;+1;. The Morgan fingerprint density at radius 3 is 0.767 bits per heavy atom. The number of esters is 1. The molecule has 18 aromatic rings. The van der Waals surface area contributed by atoms with Crippen LogP contribution in [0.3, 0.4) is 0 Å². The molecule has 0 spiro atoms. The van der Waals surface area contributed by atoms with Gasteiger partial charge < -0.3 is 19.8 Å². The molecule has 0 amide bonds. The first-order valence-corrected chi connectivity index (χ1v) is 47.3. The molecule has 0 aliphatic heterocycles. The topological polar surface area (TPSA) is 248 Å². The van der Waals surface area contributed by atoms with Crippen molar-refractivity contribution in [2.45, 2.75) is 11.2 Å². The zero-order chi connectivity index (χ0) is 93.4. The molecule has 25 heteroatoms. The molecule has 5 N–H and O–H groups in total. The number of hydrogen-bond donors (Lipinski definition) is 5. The normalized spacial score (nSPS) is 10.7. The number of nitrogens with zero attached hydrogens (tertiary/aromatic N) is 6. The first-order chi connectivity index (χ1) is 63.9. The van der Waals surface area contributed by atoms with Gasteiger partial charge in [-0.05, 0) is 213 Å². The quantitative estimate of drug-likeness (QED) is 0.00831. The molecule has 0 fully saturated rings. The first-order valence-electron chi connectivity index (χ1n) is 40.3. The minimum Gasteiger partial charge on any atom is -0.465 e. The van der Waals surface area contributed by atoms with E-state index in [9.17, 15) is 15.0 Å². The Bertz CT molecular complexity index is 6370. The second-order valence-corrected chi connectivity index (χ2v) is 35.9. The van der Waals surface area contributed by atoms with Crippen molar-refractivity contribution in [3.8, 4) is 101 Å². The maximum Gasteiger partial charge on any atom is 1.00 e. The van der Waals surface area contributed by atoms with Gasteiger partial charge in [-0.25, -0.2) is 10.1 Å². The van der Waals surface area contributed by atoms with E-state index in [4.69, 9.17) is 27.5 Å². The van der Waals surface area contributed by atoms with E-state index in [0.29, 0.717) is 5.56 Å². The van der Waals surface area contributed by atoms with E-state index >= 15 is 0 Å². The fraction of sp³-hybridized carbons (Fsp3) is 0.0278. The largest absolute Gasteiger partial charge is 1.00 e. The predicted molar refractivity (Wildman–Crippen MR) is 550 cm³/mol. The minimum absolute atomic E-state index is 0. The molecule has 6 aromatic heterocycles. The van der Waals surface area contributed by atoms with Gasteiger partial charge in [-0.2, -0.15) is 38.7 Å². The van der Waals surface area contributed by atoms with E-state index in [-0.39, 0.29) is 24.8 Å². The number of aromatic nitrogens is 6. The van der Waals surface area contributed by atoms with Crippen LogP contribution >= 0.6 is 112 Å². The zero-order valence-electron chi connectivity index (χ0n) is 71.1. The Hall–Kier alpha value is -11.7. The molecule has 6 heterocycles. The molecule has 0 aliphatic rings. The molecule has 0 atom stereocenters. The van der Waals surface area contributed by atoms with E-state index in [2.05, 4.69) is 195 Å². The Labute approximate surface area is 843 Å². The summed E-state index contributed by atoms with van der Waals surface area (Å²) in [5.41, 5.74) is 19.8. The molecule has 133 heavy (non-hydrogen) atoms. The van der Waals surface area contributed by atoms with Crippen molar-refractivity contribution < 1.29 is 66.3 Å². The van der Waals surface area contributed by atoms with Gasteiger partial charge in [0, 0.05) is 113 Å². The maximum absolute atomic E-state index is 12.9. The fourth-order valence-corrected chi connectivity index (χ4v) is 16.1. The number of benzene rings is 12. The molecular weight excluding hydrogens is 2140 g/mol. The summed E-state index contributed by atoms with van der Waals surface area (Å²) in [6.45, 7) is 3.01. The monoisotopic (exact) mass is 2210 g/mol. The molecule has 658 valence electrons. The number of carbonyl (C=O) groups is 1. The third-order valence-corrected chi connectivity index (χ3v) is 23.8. The van der Waals surface area contributed by atoms with Crippen LogP contribution in [0.15, 0.2) is 464 Å². The van der Waals surface area contributed by atoms with Crippen molar-refractivity contribution in [2.24, 2.45) is 0 Å². The van der Waals surface area contributed by atoms with E-state index in [0.717, 1.165) is 172 Å². The van der Waals surface area contributed by atoms with Crippen LogP contribution in [0.25, 0.3) is 101 Å². The molecule has 12 aromatic carbocycles. The van der Waals surface area contributed by atoms with Gasteiger partial charge in [-0.15, -0.1) is 5.56 Å². The van der Waals surface area contributed by atoms with Crippen molar-refractivity contribution >= 4 is 128 Å². The van der Waals surface area contributed by atoms with Gasteiger partial charge in [0.25, 0.3) is 0 Å². The van der Waals surface area contributed by atoms with Crippen molar-refractivity contribution in [3.63, 3.8) is 0 Å². The van der Waals surface area contributed by atoms with Crippen LogP contribution in [-0.4, -0.2) is 76.0 Å². The average molecular weight is 2220 g/mol. The van der Waals surface area contributed by atoms with Gasteiger partial charge in [-0.1, -0.05) is 318 Å². The molecular formula is C108H80Br7LiN6O10S. The van der Waals surface area contributed by atoms with Crippen molar-refractivity contribution in [3.05, 3.63) is 509 Å². The van der Waals surface area contributed by atoms with Crippen LogP contribution in [0.2, 0.25) is 0 Å². The van der Waals surface area contributed by atoms with Crippen LogP contribution < -0.4 is 18.9 Å². The summed E-state index contributed by atoms with van der Waals surface area (Å²) in [6, 6.07) is 128. The smallest absolute Gasteiger partial charge is 0.465 e. The number of carbonyl (C=O) groups excluding carboxylic acids is 1. The van der Waals surface area contributed by atoms with Crippen molar-refractivity contribution in [1.82, 2.24) is 29.9 Å². The number of halogens is 7. The second kappa shape index (κ2) is 50.4. The third-order valence-electron chi connectivity index (χ3n) is 20.2. The third kappa shape index (κ3) is 28.7. The Morgan fingerprint density at radius 1 is 0.323 bits per heavy atom. The Kier molecular flexibility index (Phi) is 38.6. The van der Waals surface area contributed by atoms with E-state index in [1.54, 1.807) is 43.2 Å². The zero-order valence-corrected chi connectivity index (χ0v) is 83.1. The second-order valence-electron chi connectivity index (χ2n) is 28.6. The van der Waals surface area contributed by atoms with E-state index < -0.39 is 21.6 Å². The van der Waals surface area contributed by atoms with Crippen molar-refractivity contribution in [2.75, 3.05) is 7.11 Å². The number of methoxy groups -OCH3 is 1. The molecule has 0 unspecified atom stereocenters. The van der Waals surface area contributed by atoms with Crippen LogP contribution in [0.1, 0.15) is 43.7 Å². The van der Waals surface area contributed by atoms with E-state index in [1.807, 2.05) is 340 Å². The summed E-state index contributed by atoms with van der Waals surface area (Å²) in [4.78, 5) is 41.5. The predicted octanol–water partition coefficient (Wildman–Crippen LogP) is 26.3.